The third-order valence-electron chi connectivity index (χ3n) is 4.90. The molecule has 6 heteroatoms. The van der Waals surface area contributed by atoms with Crippen LogP contribution in [0, 0.1) is 19.8 Å². The Balaban J connectivity index is 1.43. The van der Waals surface area contributed by atoms with Crippen LogP contribution in [-0.2, 0) is 11.2 Å². The molecule has 2 aromatic rings. The van der Waals surface area contributed by atoms with Crippen LogP contribution in [0.4, 0.5) is 5.69 Å². The molecule has 2 N–H and O–H groups in total. The Bertz CT molecular complexity index is 722. The number of rotatable bonds is 7. The van der Waals surface area contributed by atoms with Crippen molar-refractivity contribution >= 4 is 23.4 Å². The molecule has 1 aliphatic carbocycles. The number of aromatic amines is 1. The highest BCUT2D eigenvalue weighted by molar-refractivity contribution is 7.99. The standard InChI is InChI=1S/C19H26N4OS/c1-13-7-9-16(11-14(13)2)20-18(24)12-25-19-21-17(22-23-19)10-8-15-5-3-4-6-15/h7,9,11,15H,3-6,8,10,12H2,1-2H3,(H,20,24)(H,21,22,23). The maximum atomic E-state index is 12.1. The molecule has 134 valence electrons. The minimum absolute atomic E-state index is 0.0365. The van der Waals surface area contributed by atoms with Crippen molar-refractivity contribution in [1.82, 2.24) is 15.2 Å². The van der Waals surface area contributed by atoms with E-state index in [1.165, 1.54) is 55.0 Å². The van der Waals surface area contributed by atoms with Gasteiger partial charge in [0.1, 0.15) is 5.82 Å². The average Bonchev–Trinajstić information content (AvgIpc) is 3.26. The van der Waals surface area contributed by atoms with Gasteiger partial charge in [0.2, 0.25) is 11.1 Å². The number of amides is 1. The van der Waals surface area contributed by atoms with Crippen molar-refractivity contribution in [3.8, 4) is 0 Å². The summed E-state index contributed by atoms with van der Waals surface area (Å²) < 4.78 is 0. The van der Waals surface area contributed by atoms with E-state index in [1.54, 1.807) is 0 Å². The van der Waals surface area contributed by atoms with Gasteiger partial charge in [-0.25, -0.2) is 4.98 Å². The van der Waals surface area contributed by atoms with E-state index in [-0.39, 0.29) is 5.91 Å². The SMILES string of the molecule is Cc1ccc(NC(=O)CSc2n[nH]c(CCC3CCCC3)n2)cc1C. The predicted octanol–water partition coefficient (Wildman–Crippen LogP) is 4.28. The zero-order valence-corrected chi connectivity index (χ0v) is 15.8. The number of anilines is 1. The minimum Gasteiger partial charge on any atom is -0.325 e. The molecule has 0 aliphatic heterocycles. The lowest BCUT2D eigenvalue weighted by Gasteiger charge is -2.07. The number of thioether (sulfide) groups is 1. The zero-order valence-electron chi connectivity index (χ0n) is 15.0. The van der Waals surface area contributed by atoms with E-state index in [0.717, 1.165) is 23.9 Å². The predicted molar refractivity (Wildman–Crippen MR) is 102 cm³/mol. The van der Waals surface area contributed by atoms with Gasteiger partial charge in [0.25, 0.3) is 0 Å². The van der Waals surface area contributed by atoms with Crippen LogP contribution >= 0.6 is 11.8 Å². The Morgan fingerprint density at radius 2 is 2.08 bits per heavy atom. The Kier molecular flexibility index (Phi) is 6.13. The van der Waals surface area contributed by atoms with E-state index >= 15 is 0 Å². The molecule has 1 aromatic heterocycles. The summed E-state index contributed by atoms with van der Waals surface area (Å²) in [5.41, 5.74) is 3.23. The Hall–Kier alpha value is -1.82. The van der Waals surface area contributed by atoms with Crippen LogP contribution in [0.15, 0.2) is 23.4 Å². The molecule has 0 unspecified atom stereocenters. The fourth-order valence-corrected chi connectivity index (χ4v) is 3.86. The van der Waals surface area contributed by atoms with E-state index in [0.29, 0.717) is 10.9 Å². The fraction of sp³-hybridized carbons (Fsp3) is 0.526. The number of H-pyrrole nitrogens is 1. The van der Waals surface area contributed by atoms with Crippen molar-refractivity contribution in [3.05, 3.63) is 35.2 Å². The molecule has 1 saturated carbocycles. The maximum absolute atomic E-state index is 12.1. The molecule has 1 amide bonds. The molecule has 1 aromatic carbocycles. The molecule has 3 rings (SSSR count). The third kappa shape index (κ3) is 5.33. The first-order valence-corrected chi connectivity index (χ1v) is 10.00. The molecule has 0 atom stereocenters. The molecule has 1 aliphatic rings. The molecular formula is C19H26N4OS. The second-order valence-electron chi connectivity index (χ2n) is 6.89. The summed E-state index contributed by atoms with van der Waals surface area (Å²) in [4.78, 5) is 16.6. The third-order valence-corrected chi connectivity index (χ3v) is 5.75. The number of nitrogens with zero attached hydrogens (tertiary/aromatic N) is 2. The maximum Gasteiger partial charge on any atom is 0.234 e. The van der Waals surface area contributed by atoms with Crippen molar-refractivity contribution in [2.45, 2.75) is 57.5 Å². The van der Waals surface area contributed by atoms with E-state index in [1.807, 2.05) is 25.1 Å². The molecule has 0 saturated heterocycles. The molecule has 1 fully saturated rings. The lowest BCUT2D eigenvalue weighted by atomic mass is 10.0. The lowest BCUT2D eigenvalue weighted by molar-refractivity contribution is -0.113. The number of aromatic nitrogens is 3. The van der Waals surface area contributed by atoms with Crippen molar-refractivity contribution in [2.75, 3.05) is 11.1 Å². The summed E-state index contributed by atoms with van der Waals surface area (Å²) in [5, 5.41) is 10.8. The van der Waals surface area contributed by atoms with Crippen molar-refractivity contribution in [3.63, 3.8) is 0 Å². The van der Waals surface area contributed by atoms with Gasteiger partial charge in [-0.15, -0.1) is 5.10 Å². The van der Waals surface area contributed by atoms with Gasteiger partial charge in [-0.3, -0.25) is 9.89 Å². The summed E-state index contributed by atoms with van der Waals surface area (Å²) in [6.07, 6.45) is 7.60. The summed E-state index contributed by atoms with van der Waals surface area (Å²) in [5.74, 6) is 2.06. The van der Waals surface area contributed by atoms with E-state index < -0.39 is 0 Å². The second kappa shape index (κ2) is 8.52. The van der Waals surface area contributed by atoms with Gasteiger partial charge >= 0.3 is 0 Å². The Morgan fingerprint density at radius 3 is 2.84 bits per heavy atom. The van der Waals surface area contributed by atoms with E-state index in [9.17, 15) is 4.79 Å². The van der Waals surface area contributed by atoms with Gasteiger partial charge in [-0.2, -0.15) is 0 Å². The highest BCUT2D eigenvalue weighted by Gasteiger charge is 2.16. The van der Waals surface area contributed by atoms with Crippen LogP contribution in [0.2, 0.25) is 0 Å². The number of hydrogen-bond acceptors (Lipinski definition) is 4. The van der Waals surface area contributed by atoms with Gasteiger partial charge in [0.05, 0.1) is 5.75 Å². The number of hydrogen-bond donors (Lipinski definition) is 2. The first-order chi connectivity index (χ1) is 12.1. The largest absolute Gasteiger partial charge is 0.325 e. The first-order valence-electron chi connectivity index (χ1n) is 9.01. The van der Waals surface area contributed by atoms with Gasteiger partial charge in [0, 0.05) is 12.1 Å². The molecule has 0 bridgehead atoms. The van der Waals surface area contributed by atoms with Crippen LogP contribution in [0.5, 0.6) is 0 Å². The van der Waals surface area contributed by atoms with Crippen LogP contribution in [0.25, 0.3) is 0 Å². The number of nitrogens with one attached hydrogen (secondary N) is 2. The van der Waals surface area contributed by atoms with Crippen LogP contribution in [-0.4, -0.2) is 26.8 Å². The number of carbonyl (C=O) groups is 1. The molecule has 0 spiro atoms. The number of carbonyl (C=O) groups excluding carboxylic acids is 1. The van der Waals surface area contributed by atoms with Gasteiger partial charge in [-0.1, -0.05) is 43.5 Å². The van der Waals surface area contributed by atoms with Crippen molar-refractivity contribution in [1.29, 1.82) is 0 Å². The second-order valence-corrected chi connectivity index (χ2v) is 7.83. The highest BCUT2D eigenvalue weighted by atomic mass is 32.2. The van der Waals surface area contributed by atoms with E-state index in [2.05, 4.69) is 27.4 Å². The topological polar surface area (TPSA) is 70.7 Å². The number of benzene rings is 1. The summed E-state index contributed by atoms with van der Waals surface area (Å²) in [6, 6.07) is 5.94. The van der Waals surface area contributed by atoms with E-state index in [4.69, 9.17) is 0 Å². The first kappa shape index (κ1) is 18.0. The summed E-state index contributed by atoms with van der Waals surface area (Å²) in [7, 11) is 0. The van der Waals surface area contributed by atoms with Gasteiger partial charge in [0.15, 0.2) is 0 Å². The Morgan fingerprint density at radius 1 is 1.28 bits per heavy atom. The lowest BCUT2D eigenvalue weighted by Crippen LogP contribution is -2.14. The fourth-order valence-electron chi connectivity index (χ4n) is 3.24. The van der Waals surface area contributed by atoms with Gasteiger partial charge in [-0.05, 0) is 49.4 Å². The quantitative estimate of drug-likeness (QED) is 0.725. The van der Waals surface area contributed by atoms with Crippen LogP contribution in [0.3, 0.4) is 0 Å². The molecular weight excluding hydrogens is 332 g/mol. The minimum atomic E-state index is -0.0365. The van der Waals surface area contributed by atoms with Crippen molar-refractivity contribution < 1.29 is 4.79 Å². The zero-order chi connectivity index (χ0) is 17.6. The van der Waals surface area contributed by atoms with Crippen molar-refractivity contribution in [2.24, 2.45) is 5.92 Å². The van der Waals surface area contributed by atoms with Crippen LogP contribution < -0.4 is 5.32 Å². The average molecular weight is 359 g/mol. The number of aryl methyl sites for hydroxylation is 3. The van der Waals surface area contributed by atoms with Gasteiger partial charge < -0.3 is 5.32 Å². The smallest absolute Gasteiger partial charge is 0.234 e. The summed E-state index contributed by atoms with van der Waals surface area (Å²) >= 11 is 1.37. The normalized spacial score (nSPS) is 14.8. The molecule has 5 nitrogen and oxygen atoms in total. The van der Waals surface area contributed by atoms with Crippen LogP contribution in [0.1, 0.15) is 49.1 Å². The molecule has 1 heterocycles. The summed E-state index contributed by atoms with van der Waals surface area (Å²) in [6.45, 7) is 4.10. The molecule has 25 heavy (non-hydrogen) atoms. The molecule has 0 radical (unpaired) electrons. The monoisotopic (exact) mass is 358 g/mol. The highest BCUT2D eigenvalue weighted by Crippen LogP contribution is 2.28. The Labute approximate surface area is 153 Å².